The molecule has 1 aromatic rings. The summed E-state index contributed by atoms with van der Waals surface area (Å²) in [6, 6.07) is 6.05. The first-order valence-electron chi connectivity index (χ1n) is 8.13. The summed E-state index contributed by atoms with van der Waals surface area (Å²) in [4.78, 5) is 12.1. The highest BCUT2D eigenvalue weighted by molar-refractivity contribution is 5.85. The van der Waals surface area contributed by atoms with E-state index in [1.165, 1.54) is 38.5 Å². The number of hydrogen-bond donors (Lipinski definition) is 1. The van der Waals surface area contributed by atoms with Crippen molar-refractivity contribution in [3.05, 3.63) is 29.3 Å². The summed E-state index contributed by atoms with van der Waals surface area (Å²) in [6.45, 7) is 4.07. The van der Waals surface area contributed by atoms with Gasteiger partial charge < -0.3 is 4.74 Å². The molecule has 1 aromatic carbocycles. The minimum Gasteiger partial charge on any atom is -0.445 e. The maximum Gasteiger partial charge on any atom is 0.411 e. The molecule has 3 nitrogen and oxygen atoms in total. The van der Waals surface area contributed by atoms with Crippen molar-refractivity contribution in [3.63, 3.8) is 0 Å². The van der Waals surface area contributed by atoms with Crippen molar-refractivity contribution in [2.24, 2.45) is 5.41 Å². The second-order valence-corrected chi connectivity index (χ2v) is 6.86. The first-order chi connectivity index (χ1) is 10.1. The van der Waals surface area contributed by atoms with E-state index < -0.39 is 0 Å². The molecule has 0 aliphatic heterocycles. The Hall–Kier alpha value is -1.51. The number of amides is 1. The Balaban J connectivity index is 1.59. The van der Waals surface area contributed by atoms with Gasteiger partial charge in [0.15, 0.2) is 0 Å². The number of hydrogen-bond acceptors (Lipinski definition) is 2. The third-order valence-corrected chi connectivity index (χ3v) is 5.15. The van der Waals surface area contributed by atoms with E-state index in [4.69, 9.17) is 4.74 Å². The zero-order valence-corrected chi connectivity index (χ0v) is 13.1. The lowest BCUT2D eigenvalue weighted by Gasteiger charge is -2.50. The van der Waals surface area contributed by atoms with Gasteiger partial charge in [-0.3, -0.25) is 5.32 Å². The van der Waals surface area contributed by atoms with Crippen molar-refractivity contribution >= 4 is 11.8 Å². The van der Waals surface area contributed by atoms with Crippen LogP contribution in [-0.4, -0.2) is 12.2 Å². The molecule has 0 radical (unpaired) electrons. The average Bonchev–Trinajstić information content (AvgIpc) is 2.43. The van der Waals surface area contributed by atoms with E-state index in [0.717, 1.165) is 23.2 Å². The molecular formula is C18H25NO2. The second kappa shape index (κ2) is 5.70. The summed E-state index contributed by atoms with van der Waals surface area (Å²) in [5.74, 6) is 0. The average molecular weight is 287 g/mol. The van der Waals surface area contributed by atoms with Gasteiger partial charge in [-0.05, 0) is 62.8 Å². The van der Waals surface area contributed by atoms with Gasteiger partial charge in [0.05, 0.1) is 0 Å². The quantitative estimate of drug-likeness (QED) is 0.834. The first kappa shape index (κ1) is 14.4. The Kier molecular flexibility index (Phi) is 3.92. The van der Waals surface area contributed by atoms with Crippen molar-refractivity contribution in [2.75, 3.05) is 5.32 Å². The van der Waals surface area contributed by atoms with Crippen LogP contribution >= 0.6 is 0 Å². The van der Waals surface area contributed by atoms with Crippen molar-refractivity contribution in [1.82, 2.24) is 0 Å². The van der Waals surface area contributed by atoms with Gasteiger partial charge in [-0.2, -0.15) is 0 Å². The molecule has 2 saturated carbocycles. The van der Waals surface area contributed by atoms with Crippen LogP contribution in [0.15, 0.2) is 18.2 Å². The van der Waals surface area contributed by atoms with Gasteiger partial charge in [0.25, 0.3) is 0 Å². The maximum absolute atomic E-state index is 12.1. The number of carbonyl (C=O) groups excluding carboxylic acids is 1. The smallest absolute Gasteiger partial charge is 0.411 e. The van der Waals surface area contributed by atoms with Gasteiger partial charge in [0.1, 0.15) is 6.10 Å². The summed E-state index contributed by atoms with van der Waals surface area (Å²) >= 11 is 0. The van der Waals surface area contributed by atoms with E-state index in [2.05, 4.69) is 11.4 Å². The van der Waals surface area contributed by atoms with Gasteiger partial charge in [0.2, 0.25) is 0 Å². The molecule has 1 N–H and O–H groups in total. The summed E-state index contributed by atoms with van der Waals surface area (Å²) in [6.07, 6.45) is 8.47. The lowest BCUT2D eigenvalue weighted by Crippen LogP contribution is -2.49. The highest BCUT2D eigenvalue weighted by atomic mass is 16.6. The number of ether oxygens (including phenoxy) is 1. The Morgan fingerprint density at radius 3 is 2.33 bits per heavy atom. The van der Waals surface area contributed by atoms with E-state index in [0.29, 0.717) is 5.41 Å². The molecule has 21 heavy (non-hydrogen) atoms. The fourth-order valence-corrected chi connectivity index (χ4v) is 4.01. The molecule has 1 spiro atoms. The monoisotopic (exact) mass is 287 g/mol. The molecule has 1 unspecified atom stereocenters. The van der Waals surface area contributed by atoms with Crippen LogP contribution in [0.1, 0.15) is 56.1 Å². The molecule has 0 heterocycles. The van der Waals surface area contributed by atoms with Crippen LogP contribution < -0.4 is 5.32 Å². The molecule has 1 atom stereocenters. The van der Waals surface area contributed by atoms with Crippen molar-refractivity contribution in [2.45, 2.75) is 64.9 Å². The largest absolute Gasteiger partial charge is 0.445 e. The number of benzene rings is 1. The van der Waals surface area contributed by atoms with Gasteiger partial charge in [0, 0.05) is 11.1 Å². The van der Waals surface area contributed by atoms with E-state index in [-0.39, 0.29) is 12.2 Å². The molecular weight excluding hydrogens is 262 g/mol. The molecule has 0 saturated heterocycles. The Morgan fingerprint density at radius 2 is 1.76 bits per heavy atom. The minimum atomic E-state index is -0.297. The Labute approximate surface area is 127 Å². The van der Waals surface area contributed by atoms with Gasteiger partial charge >= 0.3 is 6.09 Å². The lowest BCUT2D eigenvalue weighted by atomic mass is 9.58. The van der Waals surface area contributed by atoms with Crippen LogP contribution in [-0.2, 0) is 4.74 Å². The third-order valence-electron chi connectivity index (χ3n) is 5.15. The predicted octanol–water partition coefficient (Wildman–Crippen LogP) is 4.96. The molecule has 3 heteroatoms. The fraction of sp³-hybridized carbons (Fsp3) is 0.611. The van der Waals surface area contributed by atoms with Crippen molar-refractivity contribution in [1.29, 1.82) is 0 Å². The number of aryl methyl sites for hydroxylation is 2. The summed E-state index contributed by atoms with van der Waals surface area (Å²) in [7, 11) is 0. The predicted molar refractivity (Wildman–Crippen MR) is 84.6 cm³/mol. The number of rotatable bonds is 2. The van der Waals surface area contributed by atoms with Crippen LogP contribution in [0.2, 0.25) is 0 Å². The molecule has 0 aromatic heterocycles. The van der Waals surface area contributed by atoms with Crippen molar-refractivity contribution in [3.8, 4) is 0 Å². The lowest BCUT2D eigenvalue weighted by molar-refractivity contribution is -0.0890. The van der Waals surface area contributed by atoms with Crippen LogP contribution in [0, 0.1) is 19.3 Å². The van der Waals surface area contributed by atoms with E-state index in [1.807, 2.05) is 26.0 Å². The van der Waals surface area contributed by atoms with Crippen LogP contribution in [0.3, 0.4) is 0 Å². The summed E-state index contributed by atoms with van der Waals surface area (Å²) < 4.78 is 5.71. The highest BCUT2D eigenvalue weighted by Gasteiger charge is 2.49. The minimum absolute atomic E-state index is 0.128. The van der Waals surface area contributed by atoms with Crippen LogP contribution in [0.25, 0.3) is 0 Å². The number of anilines is 1. The number of carbonyl (C=O) groups is 1. The maximum atomic E-state index is 12.1. The van der Waals surface area contributed by atoms with Gasteiger partial charge in [-0.15, -0.1) is 0 Å². The normalized spacial score (nSPS) is 23.4. The molecule has 2 fully saturated rings. The SMILES string of the molecule is Cc1cc(C)cc(NC(=O)OC2CCC23CCCCC3)c1. The van der Waals surface area contributed by atoms with Gasteiger partial charge in [-0.1, -0.05) is 25.3 Å². The summed E-state index contributed by atoms with van der Waals surface area (Å²) in [5, 5.41) is 2.88. The molecule has 3 rings (SSSR count). The number of nitrogens with one attached hydrogen (secondary N) is 1. The molecule has 1 amide bonds. The van der Waals surface area contributed by atoms with Crippen molar-refractivity contribution < 1.29 is 9.53 Å². The third kappa shape index (κ3) is 3.07. The standard InChI is InChI=1S/C18H25NO2/c1-13-10-14(2)12-15(11-13)19-17(20)21-16-6-9-18(16)7-4-3-5-8-18/h10-12,16H,3-9H2,1-2H3,(H,19,20). The van der Waals surface area contributed by atoms with Gasteiger partial charge in [-0.25, -0.2) is 4.79 Å². The molecule has 2 aliphatic carbocycles. The first-order valence-corrected chi connectivity index (χ1v) is 8.13. The van der Waals surface area contributed by atoms with E-state index in [1.54, 1.807) is 0 Å². The fourth-order valence-electron chi connectivity index (χ4n) is 4.01. The zero-order valence-electron chi connectivity index (χ0n) is 13.1. The topological polar surface area (TPSA) is 38.3 Å². The Bertz CT molecular complexity index is 512. The van der Waals surface area contributed by atoms with Crippen LogP contribution in [0.4, 0.5) is 10.5 Å². The second-order valence-electron chi connectivity index (χ2n) is 6.86. The summed E-state index contributed by atoms with van der Waals surface area (Å²) in [5.41, 5.74) is 3.43. The molecule has 2 aliphatic rings. The molecule has 114 valence electrons. The highest BCUT2D eigenvalue weighted by Crippen LogP contribution is 2.53. The Morgan fingerprint density at radius 1 is 1.10 bits per heavy atom. The zero-order chi connectivity index (χ0) is 14.9. The van der Waals surface area contributed by atoms with Crippen LogP contribution in [0.5, 0.6) is 0 Å². The van der Waals surface area contributed by atoms with E-state index in [9.17, 15) is 4.79 Å². The van der Waals surface area contributed by atoms with E-state index >= 15 is 0 Å². The molecule has 0 bridgehead atoms.